The number of benzene rings is 3. The lowest BCUT2D eigenvalue weighted by molar-refractivity contribution is -0.121. The molecule has 1 aliphatic carbocycles. The Bertz CT molecular complexity index is 1510. The molecule has 49 heavy (non-hydrogen) atoms. The van der Waals surface area contributed by atoms with Crippen LogP contribution in [-0.2, 0) is 9.53 Å². The first-order valence-electron chi connectivity index (χ1n) is 17.7. The molecule has 1 fully saturated rings. The summed E-state index contributed by atoms with van der Waals surface area (Å²) in [5.74, 6) is -0.124. The minimum absolute atomic E-state index is 0.0528. The van der Waals surface area contributed by atoms with Gasteiger partial charge in [0.25, 0.3) is 5.91 Å². The molecule has 0 aromatic heterocycles. The van der Waals surface area contributed by atoms with Gasteiger partial charge in [-0.05, 0) is 48.1 Å². The highest BCUT2D eigenvalue weighted by atomic mass is 16.6. The van der Waals surface area contributed by atoms with E-state index < -0.39 is 18.4 Å². The summed E-state index contributed by atoms with van der Waals surface area (Å²) >= 11 is 0. The number of nitrogens with zero attached hydrogens (tertiary/aromatic N) is 2. The zero-order chi connectivity index (χ0) is 36.1. The molecule has 1 saturated heterocycles. The number of hydrogen-bond acceptors (Lipinski definition) is 7. The minimum atomic E-state index is -1.33. The average molecular weight is 676 g/mol. The molecule has 0 spiro atoms. The Kier molecular flexibility index (Phi) is 14.9. The van der Waals surface area contributed by atoms with Crippen molar-refractivity contribution in [3.8, 4) is 22.6 Å². The van der Waals surface area contributed by atoms with Crippen LogP contribution in [0, 0.1) is 0 Å². The average Bonchev–Trinajstić information content (AvgIpc) is 3.75. The maximum Gasteiger partial charge on any atom is 0.416 e. The molecule has 2 N–H and O–H groups in total. The summed E-state index contributed by atoms with van der Waals surface area (Å²) in [6, 6.07) is 18.6. The van der Waals surface area contributed by atoms with Crippen LogP contribution in [0.3, 0.4) is 0 Å². The van der Waals surface area contributed by atoms with Gasteiger partial charge in [-0.3, -0.25) is 9.59 Å². The Morgan fingerprint density at radius 1 is 0.898 bits per heavy atom. The van der Waals surface area contributed by atoms with Crippen LogP contribution in [0.2, 0.25) is 0 Å². The number of amides is 3. The molecule has 3 amide bonds. The number of aliphatic hydroxyl groups is 1. The van der Waals surface area contributed by atoms with Crippen LogP contribution in [0.15, 0.2) is 60.7 Å². The summed E-state index contributed by atoms with van der Waals surface area (Å²) in [5.41, 5.74) is 4.71. The highest BCUT2D eigenvalue weighted by Crippen LogP contribution is 2.45. The summed E-state index contributed by atoms with van der Waals surface area (Å²) in [6.07, 6.45) is -0.738. The van der Waals surface area contributed by atoms with Gasteiger partial charge < -0.3 is 29.5 Å². The zero-order valence-electron chi connectivity index (χ0n) is 30.2. The van der Waals surface area contributed by atoms with Gasteiger partial charge in [-0.25, -0.2) is 9.69 Å². The van der Waals surface area contributed by atoms with E-state index in [-0.39, 0.29) is 60.1 Å². The molecule has 10 nitrogen and oxygen atoms in total. The van der Waals surface area contributed by atoms with Crippen LogP contribution in [-0.4, -0.2) is 73.6 Å². The van der Waals surface area contributed by atoms with Crippen molar-refractivity contribution >= 4 is 23.6 Å². The second-order valence-corrected chi connectivity index (χ2v) is 10.9. The molecule has 10 heteroatoms. The molecule has 0 bridgehead atoms. The summed E-state index contributed by atoms with van der Waals surface area (Å²) < 4.78 is 17.4. The van der Waals surface area contributed by atoms with E-state index in [1.54, 1.807) is 4.90 Å². The van der Waals surface area contributed by atoms with Gasteiger partial charge in [-0.15, -0.1) is 0 Å². The Morgan fingerprint density at radius 3 is 2.10 bits per heavy atom. The number of rotatable bonds is 8. The van der Waals surface area contributed by atoms with E-state index in [4.69, 9.17) is 14.2 Å². The van der Waals surface area contributed by atoms with Gasteiger partial charge in [0.2, 0.25) is 5.91 Å². The highest BCUT2D eigenvalue weighted by molar-refractivity contribution is 6.06. The van der Waals surface area contributed by atoms with Crippen molar-refractivity contribution in [2.24, 2.45) is 0 Å². The molecule has 3 aromatic carbocycles. The van der Waals surface area contributed by atoms with Gasteiger partial charge in [-0.2, -0.15) is 0 Å². The third-order valence-corrected chi connectivity index (χ3v) is 8.43. The third-order valence-electron chi connectivity index (χ3n) is 8.43. The number of nitrogens with one attached hydrogen (secondary N) is 1. The Hall–Kier alpha value is -4.57. The van der Waals surface area contributed by atoms with Crippen molar-refractivity contribution in [1.82, 2.24) is 10.2 Å². The molecule has 2 heterocycles. The quantitative estimate of drug-likeness (QED) is 0.256. The van der Waals surface area contributed by atoms with Crippen LogP contribution >= 0.6 is 0 Å². The molecule has 2 aliphatic heterocycles. The normalized spacial score (nSPS) is 16.8. The van der Waals surface area contributed by atoms with Gasteiger partial charge in [0, 0.05) is 25.1 Å². The first-order valence-corrected chi connectivity index (χ1v) is 17.7. The molecule has 3 aliphatic rings. The number of fused-ring (bicyclic) bond motifs is 5. The molecule has 0 unspecified atom stereocenters. The van der Waals surface area contributed by atoms with E-state index in [9.17, 15) is 19.5 Å². The molecule has 2 atom stereocenters. The summed E-state index contributed by atoms with van der Waals surface area (Å²) in [6.45, 7) is 14.9. The predicted molar refractivity (Wildman–Crippen MR) is 193 cm³/mol. The van der Waals surface area contributed by atoms with Gasteiger partial charge >= 0.3 is 6.09 Å². The van der Waals surface area contributed by atoms with Crippen LogP contribution in [0.25, 0.3) is 11.1 Å². The number of hydrogen-bond donors (Lipinski definition) is 2. The molecule has 6 rings (SSSR count). The van der Waals surface area contributed by atoms with Crippen molar-refractivity contribution in [1.29, 1.82) is 0 Å². The fourth-order valence-corrected chi connectivity index (χ4v) is 6.43. The van der Waals surface area contributed by atoms with Crippen LogP contribution < -0.4 is 19.7 Å². The summed E-state index contributed by atoms with van der Waals surface area (Å²) in [7, 11) is 1.45. The number of methoxy groups -OCH3 is 1. The maximum absolute atomic E-state index is 13.9. The van der Waals surface area contributed by atoms with Crippen LogP contribution in [0.5, 0.6) is 11.5 Å². The van der Waals surface area contributed by atoms with E-state index >= 15 is 0 Å². The maximum atomic E-state index is 13.9. The van der Waals surface area contributed by atoms with Gasteiger partial charge in [-0.1, -0.05) is 90.1 Å². The first-order chi connectivity index (χ1) is 23.9. The van der Waals surface area contributed by atoms with Gasteiger partial charge in [0.1, 0.15) is 6.61 Å². The second-order valence-electron chi connectivity index (χ2n) is 10.9. The van der Waals surface area contributed by atoms with E-state index in [2.05, 4.69) is 17.4 Å². The lowest BCUT2D eigenvalue weighted by Crippen LogP contribution is -2.51. The summed E-state index contributed by atoms with van der Waals surface area (Å²) in [5, 5.41) is 14.3. The van der Waals surface area contributed by atoms with Gasteiger partial charge in [0.05, 0.1) is 37.4 Å². The fourth-order valence-electron chi connectivity index (χ4n) is 6.43. The van der Waals surface area contributed by atoms with E-state index in [0.717, 1.165) is 27.2 Å². The van der Waals surface area contributed by atoms with E-state index in [0.29, 0.717) is 25.9 Å². The highest BCUT2D eigenvalue weighted by Gasteiger charge is 2.45. The Balaban J connectivity index is 0.00000103. The summed E-state index contributed by atoms with van der Waals surface area (Å²) in [4.78, 5) is 42.4. The molecule has 266 valence electrons. The predicted octanol–water partition coefficient (Wildman–Crippen LogP) is 7.37. The molecule has 0 radical (unpaired) electrons. The zero-order valence-corrected chi connectivity index (χ0v) is 30.2. The number of carbonyl (C=O) groups excluding carboxylic acids is 3. The minimum Gasteiger partial charge on any atom is -0.493 e. The van der Waals surface area contributed by atoms with Crippen LogP contribution in [0.4, 0.5) is 10.5 Å². The number of ether oxygens (including phenoxy) is 3. The number of aliphatic hydroxyl groups excluding tert-OH is 1. The Morgan fingerprint density at radius 2 is 1.51 bits per heavy atom. The monoisotopic (exact) mass is 675 g/mol. The molecule has 0 saturated carbocycles. The third kappa shape index (κ3) is 8.19. The SMILES string of the molecule is CC.CC.CC.CCNC(=O)CCOc1cc2c(cc1OC)C(=O)N1CCC[C@H]1[C@H](O)N2C(=O)OCC1c2ccccc2-c2ccccc21. The fraction of sp³-hybridized carbons (Fsp3) is 0.462. The van der Waals surface area contributed by atoms with Crippen molar-refractivity contribution in [3.63, 3.8) is 0 Å². The lowest BCUT2D eigenvalue weighted by atomic mass is 9.98. The van der Waals surface area contributed by atoms with E-state index in [1.165, 1.54) is 19.2 Å². The lowest BCUT2D eigenvalue weighted by Gasteiger charge is -2.32. The second kappa shape index (κ2) is 18.8. The smallest absolute Gasteiger partial charge is 0.416 e. The van der Waals surface area contributed by atoms with Crippen molar-refractivity contribution < 1.29 is 33.7 Å². The largest absolute Gasteiger partial charge is 0.493 e. The molecule has 3 aromatic rings. The number of anilines is 1. The molecular weight excluding hydrogens is 622 g/mol. The van der Waals surface area contributed by atoms with E-state index in [1.807, 2.05) is 84.9 Å². The van der Waals surface area contributed by atoms with Crippen LogP contribution in [0.1, 0.15) is 95.1 Å². The Labute approximate surface area is 291 Å². The van der Waals surface area contributed by atoms with Gasteiger partial charge in [0.15, 0.2) is 17.7 Å². The topological polar surface area (TPSA) is 118 Å². The van der Waals surface area contributed by atoms with Crippen molar-refractivity contribution in [3.05, 3.63) is 77.4 Å². The number of carbonyl (C=O) groups is 3. The standard InChI is InChI=1S/C33H35N3O7.3C2H6/c1-3-34-30(37)14-16-42-29-18-27-24(17-28(29)41-2)31(38)35-15-8-13-26(35)32(39)36(27)33(40)43-19-25-22-11-6-4-9-20(22)21-10-5-7-12-23(21)25;3*1-2/h4-7,9-12,17-18,25-26,32,39H,3,8,13-16,19H2,1-2H3,(H,34,37);3*1-2H3/t26-,32-;;;/m0.../s1. The molecular formula is C39H53N3O7. The van der Waals surface area contributed by atoms with Crippen molar-refractivity contribution in [2.45, 2.75) is 85.9 Å². The van der Waals surface area contributed by atoms with Crippen molar-refractivity contribution in [2.75, 3.05) is 38.3 Å². The first kappa shape index (κ1) is 38.9.